The SMILES string of the molecule is CCCCCCCCCCCCCCOC(=O)C(C)N(C)C(=O)OCCC. The van der Waals surface area contributed by atoms with E-state index in [2.05, 4.69) is 6.92 Å². The molecule has 0 rings (SSSR count). The first-order valence-corrected chi connectivity index (χ1v) is 11.1. The number of carbonyl (C=O) groups is 2. The Morgan fingerprint density at radius 3 is 1.67 bits per heavy atom. The largest absolute Gasteiger partial charge is 0.464 e. The average Bonchev–Trinajstić information content (AvgIpc) is 2.68. The number of nitrogens with zero attached hydrogens (tertiary/aromatic N) is 1. The van der Waals surface area contributed by atoms with Gasteiger partial charge in [0.2, 0.25) is 0 Å². The molecule has 0 N–H and O–H groups in total. The smallest absolute Gasteiger partial charge is 0.410 e. The zero-order chi connectivity index (χ0) is 20.3. The lowest BCUT2D eigenvalue weighted by molar-refractivity contribution is -0.148. The monoisotopic (exact) mass is 385 g/mol. The van der Waals surface area contributed by atoms with Crippen molar-refractivity contribution < 1.29 is 19.1 Å². The molecule has 0 aromatic heterocycles. The summed E-state index contributed by atoms with van der Waals surface area (Å²) in [4.78, 5) is 25.0. The van der Waals surface area contributed by atoms with E-state index in [1.54, 1.807) is 14.0 Å². The van der Waals surface area contributed by atoms with E-state index in [0.717, 1.165) is 19.3 Å². The molecule has 1 amide bonds. The molecule has 5 nitrogen and oxygen atoms in total. The average molecular weight is 386 g/mol. The van der Waals surface area contributed by atoms with Gasteiger partial charge < -0.3 is 9.47 Å². The van der Waals surface area contributed by atoms with Crippen LogP contribution in [-0.4, -0.2) is 43.3 Å². The zero-order valence-corrected chi connectivity index (χ0v) is 18.3. The fraction of sp³-hybridized carbons (Fsp3) is 0.909. The van der Waals surface area contributed by atoms with E-state index in [-0.39, 0.29) is 5.97 Å². The normalized spacial score (nSPS) is 11.9. The van der Waals surface area contributed by atoms with Gasteiger partial charge in [-0.2, -0.15) is 0 Å². The number of unbranched alkanes of at least 4 members (excludes halogenated alkanes) is 11. The predicted octanol–water partition coefficient (Wildman–Crippen LogP) is 6.10. The fourth-order valence-electron chi connectivity index (χ4n) is 2.84. The maximum Gasteiger partial charge on any atom is 0.410 e. The molecule has 27 heavy (non-hydrogen) atoms. The molecule has 1 unspecified atom stereocenters. The summed E-state index contributed by atoms with van der Waals surface area (Å²) in [5.74, 6) is -0.367. The van der Waals surface area contributed by atoms with Gasteiger partial charge in [-0.3, -0.25) is 4.90 Å². The van der Waals surface area contributed by atoms with Crippen molar-refractivity contribution >= 4 is 12.1 Å². The summed E-state index contributed by atoms with van der Waals surface area (Å²) in [5.41, 5.74) is 0. The Balaban J connectivity index is 3.53. The highest BCUT2D eigenvalue weighted by molar-refractivity contribution is 5.80. The van der Waals surface area contributed by atoms with Crippen molar-refractivity contribution in [2.45, 2.75) is 110 Å². The number of carbonyl (C=O) groups excluding carboxylic acids is 2. The summed E-state index contributed by atoms with van der Waals surface area (Å²) in [6, 6.07) is -0.619. The lowest BCUT2D eigenvalue weighted by Crippen LogP contribution is -2.41. The van der Waals surface area contributed by atoms with Crippen molar-refractivity contribution in [3.63, 3.8) is 0 Å². The van der Waals surface area contributed by atoms with Gasteiger partial charge in [0.25, 0.3) is 0 Å². The number of rotatable bonds is 17. The zero-order valence-electron chi connectivity index (χ0n) is 18.3. The molecule has 0 aromatic carbocycles. The molecule has 0 saturated heterocycles. The van der Waals surface area contributed by atoms with E-state index >= 15 is 0 Å². The van der Waals surface area contributed by atoms with Crippen LogP contribution in [-0.2, 0) is 14.3 Å². The van der Waals surface area contributed by atoms with Crippen molar-refractivity contribution in [3.05, 3.63) is 0 Å². The maximum absolute atomic E-state index is 12.0. The first kappa shape index (κ1) is 25.7. The van der Waals surface area contributed by atoms with Gasteiger partial charge in [-0.1, -0.05) is 84.5 Å². The Bertz CT molecular complexity index is 373. The van der Waals surface area contributed by atoms with Crippen LogP contribution in [0.3, 0.4) is 0 Å². The van der Waals surface area contributed by atoms with Gasteiger partial charge in [-0.25, -0.2) is 9.59 Å². The Kier molecular flexibility index (Phi) is 17.3. The van der Waals surface area contributed by atoms with E-state index in [9.17, 15) is 9.59 Å². The van der Waals surface area contributed by atoms with Gasteiger partial charge in [0.15, 0.2) is 0 Å². The van der Waals surface area contributed by atoms with Gasteiger partial charge in [0.1, 0.15) is 6.04 Å². The molecular formula is C22H43NO4. The van der Waals surface area contributed by atoms with Crippen LogP contribution in [0.5, 0.6) is 0 Å². The molecule has 0 aliphatic rings. The maximum atomic E-state index is 12.0. The number of ether oxygens (including phenoxy) is 2. The van der Waals surface area contributed by atoms with E-state index in [1.165, 1.54) is 69.1 Å². The van der Waals surface area contributed by atoms with Crippen LogP contribution in [0.25, 0.3) is 0 Å². The van der Waals surface area contributed by atoms with E-state index in [0.29, 0.717) is 13.2 Å². The lowest BCUT2D eigenvalue weighted by Gasteiger charge is -2.22. The first-order chi connectivity index (χ1) is 13.0. The first-order valence-electron chi connectivity index (χ1n) is 11.1. The minimum atomic E-state index is -0.619. The minimum absolute atomic E-state index is 0.365. The summed E-state index contributed by atoms with van der Waals surface area (Å²) in [7, 11) is 1.56. The highest BCUT2D eigenvalue weighted by Gasteiger charge is 2.24. The number of hydrogen-bond acceptors (Lipinski definition) is 4. The third-order valence-corrected chi connectivity index (χ3v) is 4.88. The van der Waals surface area contributed by atoms with Gasteiger partial charge in [0.05, 0.1) is 13.2 Å². The molecule has 0 aromatic rings. The third-order valence-electron chi connectivity index (χ3n) is 4.88. The summed E-state index contributed by atoms with van der Waals surface area (Å²) in [5, 5.41) is 0. The molecular weight excluding hydrogens is 342 g/mol. The Morgan fingerprint density at radius 2 is 1.19 bits per heavy atom. The summed E-state index contributed by atoms with van der Waals surface area (Å²) < 4.78 is 10.3. The molecule has 0 heterocycles. The molecule has 0 bridgehead atoms. The second kappa shape index (κ2) is 18.1. The Morgan fingerprint density at radius 1 is 0.704 bits per heavy atom. The molecule has 0 saturated carbocycles. The van der Waals surface area contributed by atoms with Crippen molar-refractivity contribution in [1.82, 2.24) is 4.90 Å². The molecule has 0 radical (unpaired) electrons. The van der Waals surface area contributed by atoms with Gasteiger partial charge in [0, 0.05) is 7.05 Å². The second-order valence-corrected chi connectivity index (χ2v) is 7.46. The summed E-state index contributed by atoms with van der Waals surface area (Å²) in [6.07, 6.45) is 15.6. The molecule has 0 aliphatic heterocycles. The van der Waals surface area contributed by atoms with Crippen LogP contribution in [0, 0.1) is 0 Å². The van der Waals surface area contributed by atoms with Crippen molar-refractivity contribution in [2.75, 3.05) is 20.3 Å². The third kappa shape index (κ3) is 14.5. The summed E-state index contributed by atoms with van der Waals surface area (Å²) >= 11 is 0. The van der Waals surface area contributed by atoms with Crippen LogP contribution in [0.1, 0.15) is 104 Å². The number of esters is 1. The van der Waals surface area contributed by atoms with Crippen molar-refractivity contribution in [1.29, 1.82) is 0 Å². The molecule has 0 aliphatic carbocycles. The van der Waals surface area contributed by atoms with Crippen LogP contribution in [0.15, 0.2) is 0 Å². The number of amides is 1. The van der Waals surface area contributed by atoms with E-state index in [1.807, 2.05) is 6.92 Å². The number of hydrogen-bond donors (Lipinski definition) is 0. The quantitative estimate of drug-likeness (QED) is 0.224. The molecule has 0 spiro atoms. The van der Waals surface area contributed by atoms with Crippen molar-refractivity contribution in [3.8, 4) is 0 Å². The lowest BCUT2D eigenvalue weighted by atomic mass is 10.1. The van der Waals surface area contributed by atoms with Crippen LogP contribution in [0.2, 0.25) is 0 Å². The second-order valence-electron chi connectivity index (χ2n) is 7.46. The number of likely N-dealkylation sites (N-methyl/N-ethyl adjacent to an activating group) is 1. The molecule has 160 valence electrons. The van der Waals surface area contributed by atoms with Crippen molar-refractivity contribution in [2.24, 2.45) is 0 Å². The fourth-order valence-corrected chi connectivity index (χ4v) is 2.84. The topological polar surface area (TPSA) is 55.8 Å². The highest BCUT2D eigenvalue weighted by atomic mass is 16.6. The highest BCUT2D eigenvalue weighted by Crippen LogP contribution is 2.12. The summed E-state index contributed by atoms with van der Waals surface area (Å²) in [6.45, 7) is 6.64. The predicted molar refractivity (Wildman–Crippen MR) is 111 cm³/mol. The van der Waals surface area contributed by atoms with Crippen LogP contribution >= 0.6 is 0 Å². The van der Waals surface area contributed by atoms with E-state index < -0.39 is 12.1 Å². The van der Waals surface area contributed by atoms with E-state index in [4.69, 9.17) is 9.47 Å². The molecule has 0 fully saturated rings. The van der Waals surface area contributed by atoms with Crippen LogP contribution < -0.4 is 0 Å². The van der Waals surface area contributed by atoms with Gasteiger partial charge in [-0.05, 0) is 19.8 Å². The van der Waals surface area contributed by atoms with Crippen LogP contribution in [0.4, 0.5) is 4.79 Å². The van der Waals surface area contributed by atoms with Gasteiger partial charge >= 0.3 is 12.1 Å². The molecule has 5 heteroatoms. The standard InChI is InChI=1S/C22H43NO4/c1-5-7-8-9-10-11-12-13-14-15-16-17-19-26-21(24)20(3)23(4)22(25)27-18-6-2/h20H,5-19H2,1-4H3. The molecule has 1 atom stereocenters. The Hall–Kier alpha value is -1.26. The minimum Gasteiger partial charge on any atom is -0.464 e. The van der Waals surface area contributed by atoms with Gasteiger partial charge in [-0.15, -0.1) is 0 Å². The Labute approximate surface area is 167 Å².